The molecule has 0 fully saturated rings. The third kappa shape index (κ3) is 3.73. The highest BCUT2D eigenvalue weighted by Gasteiger charge is 2.23. The Bertz CT molecular complexity index is 513. The number of aliphatic carboxylic acids is 1. The number of aromatic hydroxyl groups is 1. The van der Waals surface area contributed by atoms with E-state index >= 15 is 0 Å². The van der Waals surface area contributed by atoms with Crippen molar-refractivity contribution in [2.45, 2.75) is 32.6 Å². The number of carboxylic acid groups (broad SMARTS) is 1. The minimum Gasteiger partial charge on any atom is -0.549 e. The van der Waals surface area contributed by atoms with Crippen LogP contribution in [0.5, 0.6) is 5.75 Å². The summed E-state index contributed by atoms with van der Waals surface area (Å²) in [5.74, 6) is -3.51. The van der Waals surface area contributed by atoms with Gasteiger partial charge in [0.25, 0.3) is 0 Å². The van der Waals surface area contributed by atoms with Crippen LogP contribution in [0.4, 0.5) is 0 Å². The molecule has 0 aliphatic carbocycles. The fourth-order valence-electron chi connectivity index (χ4n) is 1.95. The summed E-state index contributed by atoms with van der Waals surface area (Å²) in [7, 11) is 1.13. The van der Waals surface area contributed by atoms with Gasteiger partial charge in [0.15, 0.2) is 0 Å². The van der Waals surface area contributed by atoms with Crippen molar-refractivity contribution >= 4 is 11.9 Å². The van der Waals surface area contributed by atoms with E-state index in [9.17, 15) is 19.8 Å². The molecule has 0 saturated heterocycles. The second kappa shape index (κ2) is 5.94. The van der Waals surface area contributed by atoms with Gasteiger partial charge in [0.05, 0.1) is 13.1 Å². The number of carbonyl (C=O) groups excluding carboxylic acids is 2. The molecule has 110 valence electrons. The molecule has 0 radical (unpaired) electrons. The molecular weight excluding hydrogens is 260 g/mol. The summed E-state index contributed by atoms with van der Waals surface area (Å²) in [6, 6.07) is 4.79. The molecule has 5 nitrogen and oxygen atoms in total. The van der Waals surface area contributed by atoms with Crippen LogP contribution in [0.25, 0.3) is 0 Å². The predicted octanol–water partition coefficient (Wildman–Crippen LogP) is 0.771. The summed E-state index contributed by atoms with van der Waals surface area (Å²) in [5.41, 5.74) is 1.03. The fraction of sp³-hybridized carbons (Fsp3) is 0.467. The van der Waals surface area contributed by atoms with Crippen LogP contribution in [0.1, 0.15) is 31.9 Å². The molecule has 1 unspecified atom stereocenters. The molecule has 0 spiro atoms. The number of carbonyl (C=O) groups is 2. The second-order valence-electron chi connectivity index (χ2n) is 5.70. The van der Waals surface area contributed by atoms with Crippen molar-refractivity contribution in [1.29, 1.82) is 0 Å². The number of methoxy groups -OCH3 is 1. The Hall–Kier alpha value is -2.04. The maximum absolute atomic E-state index is 11.4. The first-order chi connectivity index (χ1) is 9.16. The summed E-state index contributed by atoms with van der Waals surface area (Å²) in [6.07, 6.45) is -0.0294. The lowest BCUT2D eigenvalue weighted by molar-refractivity contribution is -0.310. The summed E-state index contributed by atoms with van der Waals surface area (Å²) in [6.45, 7) is 5.80. The summed E-state index contributed by atoms with van der Waals surface area (Å²) in [4.78, 5) is 22.4. The first-order valence-electron chi connectivity index (χ1n) is 6.28. The molecule has 5 heteroatoms. The number of benzene rings is 1. The normalized spacial score (nSPS) is 12.8. The van der Waals surface area contributed by atoms with Crippen molar-refractivity contribution in [1.82, 2.24) is 0 Å². The number of rotatable bonds is 4. The van der Waals surface area contributed by atoms with E-state index in [-0.39, 0.29) is 17.6 Å². The van der Waals surface area contributed by atoms with Crippen molar-refractivity contribution in [2.75, 3.05) is 7.11 Å². The zero-order valence-electron chi connectivity index (χ0n) is 12.1. The van der Waals surface area contributed by atoms with E-state index in [1.807, 2.05) is 20.8 Å². The van der Waals surface area contributed by atoms with Gasteiger partial charge in [-0.2, -0.15) is 0 Å². The predicted molar refractivity (Wildman–Crippen MR) is 71.0 cm³/mol. The molecule has 1 N–H and O–H groups in total. The zero-order chi connectivity index (χ0) is 15.5. The van der Waals surface area contributed by atoms with E-state index in [4.69, 9.17) is 0 Å². The van der Waals surface area contributed by atoms with E-state index in [0.717, 1.165) is 7.11 Å². The highest BCUT2D eigenvalue weighted by molar-refractivity contribution is 5.93. The standard InChI is InChI=1S/C15H20O5/c1-15(2,3)11-8-9(5-6-12(11)16)7-10(13(17)18)14(19)20-4/h5-6,8,10,16H,7H2,1-4H3,(H,17,18)/p-1. The zero-order valence-corrected chi connectivity index (χ0v) is 12.1. The molecule has 0 aromatic heterocycles. The Kier molecular flexibility index (Phi) is 4.76. The van der Waals surface area contributed by atoms with Gasteiger partial charge in [-0.1, -0.05) is 32.9 Å². The molecule has 0 saturated carbocycles. The number of phenolic OH excluding ortho intramolecular Hbond substituents is 1. The molecule has 20 heavy (non-hydrogen) atoms. The number of ether oxygens (including phenoxy) is 1. The molecule has 1 aromatic carbocycles. The van der Waals surface area contributed by atoms with E-state index in [2.05, 4.69) is 4.74 Å². The van der Waals surface area contributed by atoms with Gasteiger partial charge >= 0.3 is 5.97 Å². The van der Waals surface area contributed by atoms with Gasteiger partial charge in [-0.15, -0.1) is 0 Å². The largest absolute Gasteiger partial charge is 0.549 e. The fourth-order valence-corrected chi connectivity index (χ4v) is 1.95. The van der Waals surface area contributed by atoms with E-state index in [1.54, 1.807) is 12.1 Å². The minimum absolute atomic E-state index is 0.0294. The average Bonchev–Trinajstić information content (AvgIpc) is 2.35. The van der Waals surface area contributed by atoms with Gasteiger partial charge in [0.2, 0.25) is 0 Å². The number of carboxylic acids is 1. The average molecular weight is 279 g/mol. The van der Waals surface area contributed by atoms with E-state index in [0.29, 0.717) is 11.1 Å². The highest BCUT2D eigenvalue weighted by Crippen LogP contribution is 2.31. The van der Waals surface area contributed by atoms with Gasteiger partial charge in [-0.05, 0) is 29.0 Å². The Morgan fingerprint density at radius 2 is 1.95 bits per heavy atom. The third-order valence-electron chi connectivity index (χ3n) is 3.08. The van der Waals surface area contributed by atoms with Crippen LogP contribution >= 0.6 is 0 Å². The van der Waals surface area contributed by atoms with Crippen molar-refractivity contribution < 1.29 is 24.5 Å². The SMILES string of the molecule is COC(=O)C(Cc1ccc(O)c(C(C)(C)C)c1)C(=O)[O-]. The number of phenols is 1. The minimum atomic E-state index is -1.47. The lowest BCUT2D eigenvalue weighted by Crippen LogP contribution is -2.38. The second-order valence-corrected chi connectivity index (χ2v) is 5.70. The van der Waals surface area contributed by atoms with E-state index < -0.39 is 17.9 Å². The first-order valence-corrected chi connectivity index (χ1v) is 6.28. The third-order valence-corrected chi connectivity index (χ3v) is 3.08. The van der Waals surface area contributed by atoms with Crippen molar-refractivity contribution in [2.24, 2.45) is 5.92 Å². The Labute approximate surface area is 118 Å². The molecule has 1 rings (SSSR count). The van der Waals surface area contributed by atoms with Crippen molar-refractivity contribution in [3.05, 3.63) is 29.3 Å². The van der Waals surface area contributed by atoms with Crippen LogP contribution in [-0.2, 0) is 26.2 Å². The summed E-state index contributed by atoms with van der Waals surface area (Å²) in [5, 5.41) is 20.8. The van der Waals surface area contributed by atoms with Gasteiger partial charge in [-0.25, -0.2) is 0 Å². The monoisotopic (exact) mass is 279 g/mol. The maximum atomic E-state index is 11.4. The molecule has 0 aliphatic rings. The van der Waals surface area contributed by atoms with Crippen LogP contribution in [0.15, 0.2) is 18.2 Å². The quantitative estimate of drug-likeness (QED) is 0.650. The number of hydrogen-bond donors (Lipinski definition) is 1. The lowest BCUT2D eigenvalue weighted by Gasteiger charge is -2.22. The molecule has 1 atom stereocenters. The van der Waals surface area contributed by atoms with Crippen molar-refractivity contribution in [3.8, 4) is 5.75 Å². The van der Waals surface area contributed by atoms with Gasteiger partial charge < -0.3 is 19.7 Å². The number of hydrogen-bond acceptors (Lipinski definition) is 5. The van der Waals surface area contributed by atoms with Gasteiger partial charge in [0, 0.05) is 0 Å². The molecule has 0 heterocycles. The Morgan fingerprint density at radius 3 is 2.40 bits per heavy atom. The lowest BCUT2D eigenvalue weighted by atomic mass is 9.84. The van der Waals surface area contributed by atoms with Gasteiger partial charge in [0.1, 0.15) is 11.7 Å². The van der Waals surface area contributed by atoms with E-state index in [1.165, 1.54) is 6.07 Å². The van der Waals surface area contributed by atoms with Crippen LogP contribution in [0, 0.1) is 5.92 Å². The van der Waals surface area contributed by atoms with Crippen LogP contribution in [0.2, 0.25) is 0 Å². The Balaban J connectivity index is 3.09. The molecule has 0 aliphatic heterocycles. The topological polar surface area (TPSA) is 86.7 Å². The Morgan fingerprint density at radius 1 is 1.35 bits per heavy atom. The number of esters is 1. The molecular formula is C15H19O5-. The van der Waals surface area contributed by atoms with Crippen LogP contribution in [-0.4, -0.2) is 24.2 Å². The van der Waals surface area contributed by atoms with Crippen molar-refractivity contribution in [3.63, 3.8) is 0 Å². The smallest absolute Gasteiger partial charge is 0.314 e. The molecule has 0 bridgehead atoms. The highest BCUT2D eigenvalue weighted by atomic mass is 16.5. The maximum Gasteiger partial charge on any atom is 0.314 e. The summed E-state index contributed by atoms with van der Waals surface area (Å²) >= 11 is 0. The van der Waals surface area contributed by atoms with Crippen LogP contribution < -0.4 is 5.11 Å². The van der Waals surface area contributed by atoms with Crippen LogP contribution in [0.3, 0.4) is 0 Å². The molecule has 1 aromatic rings. The summed E-state index contributed by atoms with van der Waals surface area (Å²) < 4.78 is 4.46. The van der Waals surface area contributed by atoms with Gasteiger partial charge in [-0.3, -0.25) is 4.79 Å². The molecule has 0 amide bonds. The first kappa shape index (κ1) is 16.0.